The minimum absolute atomic E-state index is 0.0481. The van der Waals surface area contributed by atoms with Crippen LogP contribution in [-0.4, -0.2) is 102 Å². The zero-order valence-electron chi connectivity index (χ0n) is 42.8. The van der Waals surface area contributed by atoms with Crippen LogP contribution in [-0.2, 0) is 45.6 Å². The van der Waals surface area contributed by atoms with Gasteiger partial charge in [0.1, 0.15) is 28.5 Å². The van der Waals surface area contributed by atoms with Crippen LogP contribution in [0.2, 0.25) is 0 Å². The molecule has 2 amide bonds. The molecule has 4 aromatic carbocycles. The maximum Gasteiger partial charge on any atom is 0.410 e. The summed E-state index contributed by atoms with van der Waals surface area (Å²) < 4.78 is 61.6. The highest BCUT2D eigenvalue weighted by Crippen LogP contribution is 2.44. The van der Waals surface area contributed by atoms with Crippen LogP contribution in [0.4, 0.5) is 9.59 Å². The van der Waals surface area contributed by atoms with Gasteiger partial charge in [-0.3, -0.25) is 0 Å². The van der Waals surface area contributed by atoms with Crippen molar-refractivity contribution in [2.45, 2.75) is 128 Å². The number of methoxy groups -OCH3 is 3. The number of benzene rings is 4. The summed E-state index contributed by atoms with van der Waals surface area (Å²) in [5.41, 5.74) is 3.16. The van der Waals surface area contributed by atoms with E-state index < -0.39 is 27.3 Å². The maximum absolute atomic E-state index is 16.3. The van der Waals surface area contributed by atoms with Crippen molar-refractivity contribution in [3.8, 4) is 28.6 Å². The number of sulfonamides is 1. The minimum atomic E-state index is -4.40. The van der Waals surface area contributed by atoms with Crippen molar-refractivity contribution in [2.75, 3.05) is 41.0 Å². The van der Waals surface area contributed by atoms with Crippen LogP contribution in [0.5, 0.6) is 17.2 Å². The van der Waals surface area contributed by atoms with E-state index in [4.69, 9.17) is 33.9 Å². The lowest BCUT2D eigenvalue weighted by Gasteiger charge is -2.34. The molecule has 1 N–H and O–H groups in total. The largest absolute Gasteiger partial charge is 0.497 e. The number of nitrogens with one attached hydrogen (secondary N) is 1. The smallest absolute Gasteiger partial charge is 0.410 e. The molecule has 382 valence electrons. The average molecular weight is 994 g/mol. The van der Waals surface area contributed by atoms with Crippen LogP contribution < -0.4 is 19.5 Å². The van der Waals surface area contributed by atoms with E-state index in [1.807, 2.05) is 120 Å². The first kappa shape index (κ1) is 52.6. The van der Waals surface area contributed by atoms with E-state index in [0.717, 1.165) is 53.7 Å². The molecule has 0 radical (unpaired) electrons. The first-order valence-electron chi connectivity index (χ1n) is 24.6. The van der Waals surface area contributed by atoms with Crippen LogP contribution in [0.25, 0.3) is 11.4 Å². The van der Waals surface area contributed by atoms with Gasteiger partial charge >= 0.3 is 12.2 Å². The Kier molecular flexibility index (Phi) is 17.0. The van der Waals surface area contributed by atoms with Crippen molar-refractivity contribution in [3.05, 3.63) is 113 Å². The van der Waals surface area contributed by atoms with Crippen molar-refractivity contribution in [2.24, 2.45) is 11.8 Å². The third-order valence-corrected chi connectivity index (χ3v) is 15.0. The van der Waals surface area contributed by atoms with Crippen LogP contribution in [0.15, 0.2) is 89.8 Å². The molecule has 1 saturated heterocycles. The number of likely N-dealkylation sites (tertiary alicyclic amines) is 1. The molecule has 1 aromatic heterocycles. The second-order valence-electron chi connectivity index (χ2n) is 20.7. The van der Waals surface area contributed by atoms with Gasteiger partial charge in [0.05, 0.1) is 32.8 Å². The molecule has 2 fully saturated rings. The molecule has 5 aromatic rings. The molecule has 17 heteroatoms. The molecule has 16 nitrogen and oxygen atoms in total. The summed E-state index contributed by atoms with van der Waals surface area (Å²) in [6, 6.07) is 26.5. The summed E-state index contributed by atoms with van der Waals surface area (Å²) in [4.78, 5) is 29.2. The summed E-state index contributed by atoms with van der Waals surface area (Å²) in [5.74, 6) is 2.48. The summed E-state index contributed by atoms with van der Waals surface area (Å²) in [6.45, 7) is 13.0. The Balaban J connectivity index is 1.33. The lowest BCUT2D eigenvalue weighted by molar-refractivity contribution is 0.0183. The fourth-order valence-corrected chi connectivity index (χ4v) is 11.2. The SMILES string of the molecule is COc1ccc(CN(Cc2ccc(OC)cc2)S(=O)(=O)c2c(CC3CCN(C(=O)OC(C)(C)C)CC3)ccc(C3CCC(CNC(=O)OC(C)(C)C)CC3)c2-c2nnn(Cc3ccc(OC)cc3)n2)cc1. The monoisotopic (exact) mass is 994 g/mol. The molecule has 0 spiro atoms. The second-order valence-corrected chi connectivity index (χ2v) is 22.6. The number of amides is 2. The van der Waals surface area contributed by atoms with Gasteiger partial charge < -0.3 is 33.9 Å². The van der Waals surface area contributed by atoms with Crippen molar-refractivity contribution < 1.29 is 41.7 Å². The highest BCUT2D eigenvalue weighted by molar-refractivity contribution is 7.89. The van der Waals surface area contributed by atoms with E-state index in [1.54, 1.807) is 26.2 Å². The quantitative estimate of drug-likeness (QED) is 0.0935. The Morgan fingerprint density at radius 3 is 1.70 bits per heavy atom. The van der Waals surface area contributed by atoms with Crippen LogP contribution in [0, 0.1) is 11.8 Å². The van der Waals surface area contributed by atoms with Crippen molar-refractivity contribution in [1.82, 2.24) is 34.7 Å². The maximum atomic E-state index is 16.3. The molecule has 1 aliphatic heterocycles. The summed E-state index contributed by atoms with van der Waals surface area (Å²) >= 11 is 0. The van der Waals surface area contributed by atoms with E-state index in [-0.39, 0.29) is 47.7 Å². The number of carbonyl (C=O) groups is 2. The number of hydrogen-bond acceptors (Lipinski definition) is 12. The predicted octanol–water partition coefficient (Wildman–Crippen LogP) is 9.79. The van der Waals surface area contributed by atoms with Gasteiger partial charge in [-0.1, -0.05) is 48.5 Å². The summed E-state index contributed by atoms with van der Waals surface area (Å²) in [5, 5.41) is 17.2. The van der Waals surface area contributed by atoms with Gasteiger partial charge in [0.15, 0.2) is 0 Å². The number of alkyl carbamates (subject to hydrolysis) is 1. The molecule has 1 saturated carbocycles. The number of hydrogen-bond donors (Lipinski definition) is 1. The Bertz CT molecular complexity index is 2610. The standard InChI is InChI=1S/C54H71N7O9S/c1-53(2,3)69-51(62)55-33-38-10-18-42(19-11-38)47-27-20-43(32-37-28-30-59(31-29-37)52(63)70-54(4,5)6)49(48(47)50-56-58-61(57-50)36-41-16-25-46(68-9)26-17-41)71(64,65)60(34-39-12-21-44(66-7)22-13-39)35-40-14-23-45(67-8)24-15-40/h12-17,20-27,37-38,42H,10-11,18-19,28-36H2,1-9H3,(H,55,62). The molecule has 1 aliphatic carbocycles. The van der Waals surface area contributed by atoms with Crippen LogP contribution >= 0.6 is 0 Å². The summed E-state index contributed by atoms with van der Waals surface area (Å²) in [7, 11) is 0.414. The fraction of sp³-hybridized carbons (Fsp3) is 0.500. The van der Waals surface area contributed by atoms with E-state index in [0.29, 0.717) is 68.1 Å². The van der Waals surface area contributed by atoms with Gasteiger partial charge in [-0.25, -0.2) is 18.0 Å². The Hall–Kier alpha value is -6.20. The number of ether oxygens (including phenoxy) is 5. The lowest BCUT2D eigenvalue weighted by atomic mass is 9.76. The molecule has 7 rings (SSSR count). The Morgan fingerprint density at radius 2 is 1.20 bits per heavy atom. The molecule has 0 unspecified atom stereocenters. The van der Waals surface area contributed by atoms with E-state index in [2.05, 4.69) is 16.6 Å². The normalized spacial score (nSPS) is 16.9. The van der Waals surface area contributed by atoms with E-state index >= 15 is 8.42 Å². The third kappa shape index (κ3) is 14.2. The van der Waals surface area contributed by atoms with Crippen molar-refractivity contribution in [1.29, 1.82) is 0 Å². The van der Waals surface area contributed by atoms with Gasteiger partial charge in [0.2, 0.25) is 15.8 Å². The molecule has 0 bridgehead atoms. The Labute approximate surface area is 419 Å². The fourth-order valence-electron chi connectivity index (χ4n) is 9.37. The molecular weight excluding hydrogens is 923 g/mol. The van der Waals surface area contributed by atoms with Gasteiger partial charge in [0.25, 0.3) is 0 Å². The molecule has 2 heterocycles. The lowest BCUT2D eigenvalue weighted by Crippen LogP contribution is -2.42. The number of rotatable bonds is 17. The van der Waals surface area contributed by atoms with Gasteiger partial charge in [0, 0.05) is 38.3 Å². The van der Waals surface area contributed by atoms with Gasteiger partial charge in [-0.2, -0.15) is 9.10 Å². The van der Waals surface area contributed by atoms with E-state index in [9.17, 15) is 9.59 Å². The minimum Gasteiger partial charge on any atom is -0.497 e. The van der Waals surface area contributed by atoms with Gasteiger partial charge in [-0.15, -0.1) is 10.2 Å². The molecule has 2 aliphatic rings. The molecular formula is C54H71N7O9S. The highest BCUT2D eigenvalue weighted by Gasteiger charge is 2.37. The third-order valence-electron chi connectivity index (χ3n) is 13.1. The number of nitrogens with zero attached hydrogens (tertiary/aromatic N) is 6. The van der Waals surface area contributed by atoms with Crippen molar-refractivity contribution >= 4 is 22.2 Å². The zero-order valence-corrected chi connectivity index (χ0v) is 43.6. The van der Waals surface area contributed by atoms with Gasteiger partial charge in [-0.05, 0) is 174 Å². The number of piperidine rings is 1. The first-order valence-corrected chi connectivity index (χ1v) is 26.0. The molecule has 71 heavy (non-hydrogen) atoms. The zero-order chi connectivity index (χ0) is 50.9. The van der Waals surface area contributed by atoms with Crippen LogP contribution in [0.3, 0.4) is 0 Å². The average Bonchev–Trinajstić information content (AvgIpc) is 3.81. The number of aromatic nitrogens is 4. The van der Waals surface area contributed by atoms with Crippen molar-refractivity contribution in [3.63, 3.8) is 0 Å². The Morgan fingerprint density at radius 1 is 0.676 bits per heavy atom. The summed E-state index contributed by atoms with van der Waals surface area (Å²) in [6.07, 6.45) is 4.07. The number of tetrazole rings is 1. The number of carbonyl (C=O) groups excluding carboxylic acids is 2. The second kappa shape index (κ2) is 22.9. The van der Waals surface area contributed by atoms with Crippen LogP contribution in [0.1, 0.15) is 114 Å². The molecule has 0 atom stereocenters. The predicted molar refractivity (Wildman–Crippen MR) is 271 cm³/mol. The topological polar surface area (TPSA) is 177 Å². The first-order chi connectivity index (χ1) is 33.8. The highest BCUT2D eigenvalue weighted by atomic mass is 32.2. The van der Waals surface area contributed by atoms with E-state index in [1.165, 1.54) is 9.10 Å².